The number of phenolic OH excluding ortho intramolecular Hbond substituents is 1. The van der Waals surface area contributed by atoms with Crippen LogP contribution in [0, 0.1) is 5.92 Å². The summed E-state index contributed by atoms with van der Waals surface area (Å²) >= 11 is 11.8. The molecule has 0 saturated heterocycles. The Bertz CT molecular complexity index is 403. The van der Waals surface area contributed by atoms with Crippen LogP contribution in [-0.2, 0) is 0 Å². The van der Waals surface area contributed by atoms with Gasteiger partial charge in [-0.2, -0.15) is 0 Å². The van der Waals surface area contributed by atoms with Crippen LogP contribution in [0.1, 0.15) is 43.7 Å². The van der Waals surface area contributed by atoms with Crippen molar-refractivity contribution in [3.05, 3.63) is 27.7 Å². The molecule has 1 aliphatic carbocycles. The molecule has 0 amide bonds. The first-order chi connectivity index (χ1) is 8.11. The first-order valence-electron chi connectivity index (χ1n) is 6.03. The zero-order chi connectivity index (χ0) is 12.4. The molecule has 1 aliphatic rings. The molecule has 2 rings (SSSR count). The van der Waals surface area contributed by atoms with Crippen molar-refractivity contribution < 1.29 is 5.11 Å². The van der Waals surface area contributed by atoms with Crippen molar-refractivity contribution in [3.63, 3.8) is 0 Å². The van der Waals surface area contributed by atoms with Gasteiger partial charge < -0.3 is 10.8 Å². The minimum absolute atomic E-state index is 0.0391. The van der Waals surface area contributed by atoms with E-state index in [9.17, 15) is 5.11 Å². The van der Waals surface area contributed by atoms with Crippen LogP contribution in [0.3, 0.4) is 0 Å². The van der Waals surface area contributed by atoms with Gasteiger partial charge in [-0.25, -0.2) is 0 Å². The van der Waals surface area contributed by atoms with Crippen LogP contribution in [0.4, 0.5) is 0 Å². The van der Waals surface area contributed by atoms with Crippen LogP contribution >= 0.6 is 23.2 Å². The highest BCUT2D eigenvalue weighted by atomic mass is 35.5. The molecule has 3 N–H and O–H groups in total. The predicted molar refractivity (Wildman–Crippen MR) is 71.6 cm³/mol. The molecule has 0 spiro atoms. The molecule has 0 aliphatic heterocycles. The van der Waals surface area contributed by atoms with E-state index in [0.717, 1.165) is 12.8 Å². The second-order valence-electron chi connectivity index (χ2n) is 4.72. The fourth-order valence-corrected chi connectivity index (χ4v) is 2.90. The predicted octanol–water partition coefficient (Wildman–Crippen LogP) is 4.28. The van der Waals surface area contributed by atoms with Crippen LogP contribution in [0.5, 0.6) is 5.75 Å². The standard InChI is InChI=1S/C13H17Cl2NO/c14-10-7-6-9(13(17)11(10)15)12(16)8-4-2-1-3-5-8/h6-8,12,17H,1-5,16H2/t12-/m0/s1. The lowest BCUT2D eigenvalue weighted by atomic mass is 9.81. The van der Waals surface area contributed by atoms with Gasteiger partial charge in [-0.3, -0.25) is 0 Å². The average molecular weight is 274 g/mol. The summed E-state index contributed by atoms with van der Waals surface area (Å²) in [6.07, 6.45) is 5.99. The first-order valence-corrected chi connectivity index (χ1v) is 6.79. The maximum Gasteiger partial charge on any atom is 0.140 e. The molecule has 4 heteroatoms. The van der Waals surface area contributed by atoms with Gasteiger partial charge in [0, 0.05) is 11.6 Å². The van der Waals surface area contributed by atoms with E-state index in [4.69, 9.17) is 28.9 Å². The molecule has 0 bridgehead atoms. The molecular formula is C13H17Cl2NO. The topological polar surface area (TPSA) is 46.2 Å². The van der Waals surface area contributed by atoms with Crippen molar-refractivity contribution in [1.82, 2.24) is 0 Å². The smallest absolute Gasteiger partial charge is 0.140 e. The van der Waals surface area contributed by atoms with Crippen molar-refractivity contribution in [2.75, 3.05) is 0 Å². The monoisotopic (exact) mass is 273 g/mol. The number of nitrogens with two attached hydrogens (primary N) is 1. The zero-order valence-electron chi connectivity index (χ0n) is 9.63. The van der Waals surface area contributed by atoms with Crippen LogP contribution < -0.4 is 5.73 Å². The molecule has 1 aromatic rings. The molecule has 17 heavy (non-hydrogen) atoms. The Morgan fingerprint density at radius 1 is 1.18 bits per heavy atom. The third-order valence-electron chi connectivity index (χ3n) is 3.62. The van der Waals surface area contributed by atoms with E-state index < -0.39 is 0 Å². The van der Waals surface area contributed by atoms with Crippen molar-refractivity contribution in [1.29, 1.82) is 0 Å². The summed E-state index contributed by atoms with van der Waals surface area (Å²) in [7, 11) is 0. The minimum Gasteiger partial charge on any atom is -0.506 e. The zero-order valence-corrected chi connectivity index (χ0v) is 11.1. The number of rotatable bonds is 2. The summed E-state index contributed by atoms with van der Waals surface area (Å²) in [6.45, 7) is 0. The quantitative estimate of drug-likeness (QED) is 0.845. The maximum absolute atomic E-state index is 9.98. The van der Waals surface area contributed by atoms with Gasteiger partial charge in [0.1, 0.15) is 10.8 Å². The number of hydrogen-bond donors (Lipinski definition) is 2. The van der Waals surface area contributed by atoms with Gasteiger partial charge in [-0.05, 0) is 24.8 Å². The number of phenols is 1. The molecule has 94 valence electrons. The highest BCUT2D eigenvalue weighted by Gasteiger charge is 2.25. The minimum atomic E-state index is -0.148. The van der Waals surface area contributed by atoms with Gasteiger partial charge in [-0.1, -0.05) is 48.5 Å². The summed E-state index contributed by atoms with van der Waals surface area (Å²) < 4.78 is 0. The molecule has 1 atom stereocenters. The van der Waals surface area contributed by atoms with E-state index >= 15 is 0 Å². The molecule has 0 aromatic heterocycles. The van der Waals surface area contributed by atoms with Crippen molar-refractivity contribution in [2.24, 2.45) is 11.7 Å². The van der Waals surface area contributed by atoms with Gasteiger partial charge in [0.25, 0.3) is 0 Å². The van der Waals surface area contributed by atoms with E-state index in [-0.39, 0.29) is 16.8 Å². The first kappa shape index (κ1) is 13.0. The third kappa shape index (κ3) is 2.70. The van der Waals surface area contributed by atoms with Crippen LogP contribution in [-0.4, -0.2) is 5.11 Å². The van der Waals surface area contributed by atoms with Crippen molar-refractivity contribution in [2.45, 2.75) is 38.1 Å². The highest BCUT2D eigenvalue weighted by Crippen LogP contribution is 2.41. The van der Waals surface area contributed by atoms with Crippen molar-refractivity contribution >= 4 is 23.2 Å². The van der Waals surface area contributed by atoms with Gasteiger partial charge >= 0.3 is 0 Å². The Labute approximate surface area is 112 Å². The molecule has 2 nitrogen and oxygen atoms in total. The Hall–Kier alpha value is -0.440. The second kappa shape index (κ2) is 5.47. The summed E-state index contributed by atoms with van der Waals surface area (Å²) in [5.74, 6) is 0.476. The van der Waals surface area contributed by atoms with Crippen LogP contribution in [0.2, 0.25) is 10.0 Å². The molecular weight excluding hydrogens is 257 g/mol. The number of aromatic hydroxyl groups is 1. The Morgan fingerprint density at radius 3 is 2.47 bits per heavy atom. The third-order valence-corrected chi connectivity index (χ3v) is 4.41. The largest absolute Gasteiger partial charge is 0.506 e. The van der Waals surface area contributed by atoms with Crippen molar-refractivity contribution in [3.8, 4) is 5.75 Å². The molecule has 1 aromatic carbocycles. The molecule has 0 heterocycles. The van der Waals surface area contributed by atoms with E-state index in [1.54, 1.807) is 12.1 Å². The summed E-state index contributed by atoms with van der Waals surface area (Å²) in [5, 5.41) is 10.6. The molecule has 1 saturated carbocycles. The summed E-state index contributed by atoms with van der Waals surface area (Å²) in [5.41, 5.74) is 6.94. The molecule has 0 radical (unpaired) electrons. The average Bonchev–Trinajstić information content (AvgIpc) is 2.36. The van der Waals surface area contributed by atoms with E-state index in [0.29, 0.717) is 16.5 Å². The van der Waals surface area contributed by atoms with Gasteiger partial charge in [0.2, 0.25) is 0 Å². The van der Waals surface area contributed by atoms with Gasteiger partial charge in [0.05, 0.1) is 5.02 Å². The van der Waals surface area contributed by atoms with E-state index in [1.165, 1.54) is 19.3 Å². The number of halogens is 2. The van der Waals surface area contributed by atoms with Crippen LogP contribution in [0.15, 0.2) is 12.1 Å². The molecule has 0 unspecified atom stereocenters. The fourth-order valence-electron chi connectivity index (χ4n) is 2.57. The highest BCUT2D eigenvalue weighted by molar-refractivity contribution is 6.43. The van der Waals surface area contributed by atoms with E-state index in [1.807, 2.05) is 0 Å². The fraction of sp³-hybridized carbons (Fsp3) is 0.538. The van der Waals surface area contributed by atoms with Gasteiger partial charge in [-0.15, -0.1) is 0 Å². The lowest BCUT2D eigenvalue weighted by Crippen LogP contribution is -2.23. The van der Waals surface area contributed by atoms with E-state index in [2.05, 4.69) is 0 Å². The number of benzene rings is 1. The van der Waals surface area contributed by atoms with Crippen LogP contribution in [0.25, 0.3) is 0 Å². The number of hydrogen-bond acceptors (Lipinski definition) is 2. The maximum atomic E-state index is 9.98. The lowest BCUT2D eigenvalue weighted by Gasteiger charge is -2.28. The summed E-state index contributed by atoms with van der Waals surface area (Å²) in [6, 6.07) is 3.33. The van der Waals surface area contributed by atoms with Gasteiger partial charge in [0.15, 0.2) is 0 Å². The second-order valence-corrected chi connectivity index (χ2v) is 5.51. The SMILES string of the molecule is N[C@H](c1ccc(Cl)c(Cl)c1O)C1CCCCC1. The molecule has 1 fully saturated rings. The lowest BCUT2D eigenvalue weighted by molar-refractivity contribution is 0.303. The normalized spacial score (nSPS) is 19.2. The Morgan fingerprint density at radius 2 is 1.82 bits per heavy atom. The summed E-state index contributed by atoms with van der Waals surface area (Å²) in [4.78, 5) is 0. The Kier molecular flexibility index (Phi) is 4.18. The Balaban J connectivity index is 2.24.